The van der Waals surface area contributed by atoms with Crippen LogP contribution in [0.25, 0.3) is 0 Å². The van der Waals surface area contributed by atoms with Gasteiger partial charge in [0.25, 0.3) is 0 Å². The molecule has 0 saturated carbocycles. The standard InChI is InChI=1S/C11H18N4O2/c1-8-5-13-11(14-8)9-7-17-4-3-15(9)10(16)6-12-2/h5,9,12H,3-4,6-7H2,1-2H3,(H,13,14)/t9-/m0/s1. The lowest BCUT2D eigenvalue weighted by molar-refractivity contribution is -0.139. The molecule has 1 aliphatic heterocycles. The molecule has 17 heavy (non-hydrogen) atoms. The number of ether oxygens (including phenoxy) is 1. The van der Waals surface area contributed by atoms with Crippen molar-refractivity contribution in [3.63, 3.8) is 0 Å². The summed E-state index contributed by atoms with van der Waals surface area (Å²) in [6, 6.07) is -0.0988. The van der Waals surface area contributed by atoms with Gasteiger partial charge in [0.15, 0.2) is 0 Å². The highest BCUT2D eigenvalue weighted by Gasteiger charge is 2.29. The molecule has 1 atom stereocenters. The predicted octanol–water partition coefficient (Wildman–Crippen LogP) is -0.163. The molecule has 0 radical (unpaired) electrons. The molecule has 1 aromatic rings. The van der Waals surface area contributed by atoms with E-state index in [1.807, 2.05) is 11.8 Å². The highest BCUT2D eigenvalue weighted by Crippen LogP contribution is 2.21. The van der Waals surface area contributed by atoms with Gasteiger partial charge in [0, 0.05) is 18.4 Å². The van der Waals surface area contributed by atoms with Gasteiger partial charge in [-0.25, -0.2) is 4.98 Å². The predicted molar refractivity (Wildman–Crippen MR) is 62.5 cm³/mol. The van der Waals surface area contributed by atoms with Crippen molar-refractivity contribution in [2.45, 2.75) is 13.0 Å². The van der Waals surface area contributed by atoms with E-state index in [-0.39, 0.29) is 11.9 Å². The summed E-state index contributed by atoms with van der Waals surface area (Å²) < 4.78 is 5.43. The third kappa shape index (κ3) is 2.65. The molecule has 0 aromatic carbocycles. The molecule has 2 heterocycles. The minimum absolute atomic E-state index is 0.0786. The maximum absolute atomic E-state index is 12.0. The number of aryl methyl sites for hydroxylation is 1. The summed E-state index contributed by atoms with van der Waals surface area (Å²) in [5, 5.41) is 2.88. The van der Waals surface area contributed by atoms with Gasteiger partial charge in [-0.15, -0.1) is 0 Å². The SMILES string of the molecule is CNCC(=O)N1CCOC[C@H]1c1ncc(C)[nH]1. The molecular weight excluding hydrogens is 220 g/mol. The lowest BCUT2D eigenvalue weighted by Gasteiger charge is -2.34. The van der Waals surface area contributed by atoms with E-state index in [9.17, 15) is 4.79 Å². The first-order chi connectivity index (χ1) is 8.22. The number of hydrogen-bond acceptors (Lipinski definition) is 4. The zero-order valence-electron chi connectivity index (χ0n) is 10.2. The van der Waals surface area contributed by atoms with Crippen molar-refractivity contribution in [3.8, 4) is 0 Å². The second-order valence-corrected chi connectivity index (χ2v) is 4.16. The minimum Gasteiger partial charge on any atom is -0.377 e. The fourth-order valence-corrected chi connectivity index (χ4v) is 1.98. The zero-order valence-corrected chi connectivity index (χ0v) is 10.2. The van der Waals surface area contributed by atoms with Gasteiger partial charge >= 0.3 is 0 Å². The van der Waals surface area contributed by atoms with Gasteiger partial charge in [-0.3, -0.25) is 4.79 Å². The quantitative estimate of drug-likeness (QED) is 0.767. The lowest BCUT2D eigenvalue weighted by Crippen LogP contribution is -2.46. The third-order valence-corrected chi connectivity index (χ3v) is 2.81. The Balaban J connectivity index is 2.14. The van der Waals surface area contributed by atoms with Crippen LogP contribution in [0.2, 0.25) is 0 Å². The van der Waals surface area contributed by atoms with Gasteiger partial charge in [0.2, 0.25) is 5.91 Å². The van der Waals surface area contributed by atoms with Crippen molar-refractivity contribution in [1.29, 1.82) is 0 Å². The van der Waals surface area contributed by atoms with E-state index in [1.165, 1.54) is 0 Å². The van der Waals surface area contributed by atoms with E-state index in [2.05, 4.69) is 15.3 Å². The van der Waals surface area contributed by atoms with Gasteiger partial charge in [-0.1, -0.05) is 0 Å². The molecule has 1 aromatic heterocycles. The zero-order chi connectivity index (χ0) is 12.3. The Bertz CT molecular complexity index is 391. The van der Waals surface area contributed by atoms with Crippen LogP contribution in [0.1, 0.15) is 17.6 Å². The summed E-state index contributed by atoms with van der Waals surface area (Å²) in [7, 11) is 1.77. The monoisotopic (exact) mass is 238 g/mol. The van der Waals surface area contributed by atoms with Crippen LogP contribution in [0.15, 0.2) is 6.20 Å². The summed E-state index contributed by atoms with van der Waals surface area (Å²) in [5.74, 6) is 0.876. The molecule has 0 unspecified atom stereocenters. The van der Waals surface area contributed by atoms with Crippen LogP contribution in [-0.2, 0) is 9.53 Å². The first-order valence-corrected chi connectivity index (χ1v) is 5.75. The van der Waals surface area contributed by atoms with Crippen LogP contribution in [-0.4, -0.2) is 54.1 Å². The van der Waals surface area contributed by atoms with Crippen molar-refractivity contribution in [1.82, 2.24) is 20.2 Å². The number of imidazole rings is 1. The maximum atomic E-state index is 12.0. The Labute approximate surface area is 100 Å². The van der Waals surface area contributed by atoms with Gasteiger partial charge in [-0.05, 0) is 14.0 Å². The van der Waals surface area contributed by atoms with E-state index in [4.69, 9.17) is 4.74 Å². The van der Waals surface area contributed by atoms with E-state index in [1.54, 1.807) is 13.2 Å². The number of rotatable bonds is 3. The first-order valence-electron chi connectivity index (χ1n) is 5.75. The molecule has 0 bridgehead atoms. The number of aromatic nitrogens is 2. The van der Waals surface area contributed by atoms with Crippen molar-refractivity contribution in [3.05, 3.63) is 17.7 Å². The van der Waals surface area contributed by atoms with Crippen LogP contribution in [0.3, 0.4) is 0 Å². The number of carbonyl (C=O) groups excluding carboxylic acids is 1. The summed E-state index contributed by atoms with van der Waals surface area (Å²) >= 11 is 0. The highest BCUT2D eigenvalue weighted by atomic mass is 16.5. The van der Waals surface area contributed by atoms with Gasteiger partial charge in [0.1, 0.15) is 11.9 Å². The fraction of sp³-hybridized carbons (Fsp3) is 0.636. The van der Waals surface area contributed by atoms with E-state index < -0.39 is 0 Å². The Hall–Kier alpha value is -1.40. The Kier molecular flexibility index (Phi) is 3.75. The van der Waals surface area contributed by atoms with E-state index in [0.717, 1.165) is 11.5 Å². The second kappa shape index (κ2) is 5.29. The number of amides is 1. The summed E-state index contributed by atoms with van der Waals surface area (Å²) in [5.41, 5.74) is 0.992. The van der Waals surface area contributed by atoms with Gasteiger partial charge in [0.05, 0.1) is 19.8 Å². The summed E-state index contributed by atoms with van der Waals surface area (Å²) in [6.07, 6.45) is 1.77. The molecule has 2 N–H and O–H groups in total. The number of aromatic amines is 1. The average molecular weight is 238 g/mol. The molecule has 6 heteroatoms. The Morgan fingerprint density at radius 2 is 2.59 bits per heavy atom. The fourth-order valence-electron chi connectivity index (χ4n) is 1.98. The number of H-pyrrole nitrogens is 1. The number of nitrogens with zero attached hydrogens (tertiary/aromatic N) is 2. The Morgan fingerprint density at radius 1 is 1.76 bits per heavy atom. The van der Waals surface area contributed by atoms with Crippen LogP contribution in [0.5, 0.6) is 0 Å². The van der Waals surface area contributed by atoms with Crippen LogP contribution >= 0.6 is 0 Å². The molecular formula is C11H18N4O2. The number of hydrogen-bond donors (Lipinski definition) is 2. The topological polar surface area (TPSA) is 70.2 Å². The smallest absolute Gasteiger partial charge is 0.237 e. The highest BCUT2D eigenvalue weighted by molar-refractivity contribution is 5.78. The Morgan fingerprint density at radius 3 is 3.24 bits per heavy atom. The lowest BCUT2D eigenvalue weighted by atomic mass is 10.2. The number of carbonyl (C=O) groups is 1. The maximum Gasteiger partial charge on any atom is 0.237 e. The average Bonchev–Trinajstić information content (AvgIpc) is 2.76. The van der Waals surface area contributed by atoms with Gasteiger partial charge < -0.3 is 19.9 Å². The third-order valence-electron chi connectivity index (χ3n) is 2.81. The van der Waals surface area contributed by atoms with Crippen LogP contribution in [0, 0.1) is 6.92 Å². The largest absolute Gasteiger partial charge is 0.377 e. The number of morpholine rings is 1. The van der Waals surface area contributed by atoms with E-state index in [0.29, 0.717) is 26.3 Å². The molecule has 1 aliphatic rings. The van der Waals surface area contributed by atoms with Crippen molar-refractivity contribution >= 4 is 5.91 Å². The molecule has 1 saturated heterocycles. The number of likely N-dealkylation sites (N-methyl/N-ethyl adjacent to an activating group) is 1. The molecule has 6 nitrogen and oxygen atoms in total. The van der Waals surface area contributed by atoms with Crippen LogP contribution in [0.4, 0.5) is 0 Å². The molecule has 1 fully saturated rings. The minimum atomic E-state index is -0.0988. The normalized spacial score (nSPS) is 20.6. The molecule has 1 amide bonds. The van der Waals surface area contributed by atoms with Crippen LogP contribution < -0.4 is 5.32 Å². The van der Waals surface area contributed by atoms with Crippen molar-refractivity contribution in [2.75, 3.05) is 33.4 Å². The van der Waals surface area contributed by atoms with E-state index >= 15 is 0 Å². The van der Waals surface area contributed by atoms with Gasteiger partial charge in [-0.2, -0.15) is 0 Å². The second-order valence-electron chi connectivity index (χ2n) is 4.16. The summed E-state index contributed by atoms with van der Waals surface area (Å²) in [4.78, 5) is 21.2. The molecule has 0 aliphatic carbocycles. The number of nitrogens with one attached hydrogen (secondary N) is 2. The van der Waals surface area contributed by atoms with Crippen molar-refractivity contribution in [2.24, 2.45) is 0 Å². The molecule has 0 spiro atoms. The molecule has 94 valence electrons. The first kappa shape index (κ1) is 12.1. The van der Waals surface area contributed by atoms with Crippen molar-refractivity contribution < 1.29 is 9.53 Å². The summed E-state index contributed by atoms with van der Waals surface area (Å²) in [6.45, 7) is 4.00. The molecule has 2 rings (SSSR count).